The second kappa shape index (κ2) is 8.48. The monoisotopic (exact) mass is 364 g/mol. The number of hydrogen-bond donors (Lipinski definition) is 2. The van der Waals surface area contributed by atoms with Crippen molar-refractivity contribution < 1.29 is 19.0 Å². The van der Waals surface area contributed by atoms with Gasteiger partial charge in [0.2, 0.25) is 5.91 Å². The number of benzene rings is 2. The van der Waals surface area contributed by atoms with Crippen LogP contribution in [0.1, 0.15) is 5.56 Å². The number of methoxy groups -OCH3 is 3. The Balaban J connectivity index is 2.07. The van der Waals surface area contributed by atoms with Gasteiger partial charge in [0.25, 0.3) is 0 Å². The molecule has 2 N–H and O–H groups in total. The molecule has 0 saturated carbocycles. The van der Waals surface area contributed by atoms with E-state index < -0.39 is 0 Å². The molecule has 0 aliphatic carbocycles. The predicted molar refractivity (Wildman–Crippen MR) is 99.4 cm³/mol. The fraction of sp³-hybridized carbons (Fsp3) is 0.278. The van der Waals surface area contributed by atoms with E-state index >= 15 is 0 Å². The fourth-order valence-corrected chi connectivity index (χ4v) is 2.49. The Morgan fingerprint density at radius 2 is 1.60 bits per heavy atom. The molecule has 2 aromatic rings. The first-order valence-corrected chi connectivity index (χ1v) is 7.96. The molecule has 0 unspecified atom stereocenters. The van der Waals surface area contributed by atoms with E-state index in [9.17, 15) is 4.79 Å². The number of carbonyl (C=O) groups excluding carboxylic acids is 1. The molecule has 7 heteroatoms. The Bertz CT molecular complexity index is 765. The van der Waals surface area contributed by atoms with Gasteiger partial charge >= 0.3 is 0 Å². The second-order valence-corrected chi connectivity index (χ2v) is 5.70. The molecule has 0 bridgehead atoms. The third-order valence-corrected chi connectivity index (χ3v) is 3.84. The average Bonchev–Trinajstić information content (AvgIpc) is 2.60. The molecule has 25 heavy (non-hydrogen) atoms. The smallest absolute Gasteiger partial charge is 0.243 e. The third-order valence-electron chi connectivity index (χ3n) is 3.61. The number of amides is 1. The van der Waals surface area contributed by atoms with Crippen molar-refractivity contribution in [3.05, 3.63) is 40.9 Å². The van der Waals surface area contributed by atoms with Crippen molar-refractivity contribution in [1.82, 2.24) is 0 Å². The summed E-state index contributed by atoms with van der Waals surface area (Å²) in [4.78, 5) is 12.2. The van der Waals surface area contributed by atoms with Gasteiger partial charge in [-0.05, 0) is 36.8 Å². The zero-order valence-electron chi connectivity index (χ0n) is 14.6. The molecule has 2 aromatic carbocycles. The molecule has 0 aromatic heterocycles. The highest BCUT2D eigenvalue weighted by atomic mass is 35.5. The van der Waals surface area contributed by atoms with Crippen LogP contribution in [0.3, 0.4) is 0 Å². The minimum Gasteiger partial charge on any atom is -0.495 e. The number of carbonyl (C=O) groups is 1. The topological polar surface area (TPSA) is 68.8 Å². The fourth-order valence-electron chi connectivity index (χ4n) is 2.32. The maximum atomic E-state index is 12.2. The molecular weight excluding hydrogens is 344 g/mol. The van der Waals surface area contributed by atoms with Gasteiger partial charge in [0, 0.05) is 16.8 Å². The van der Waals surface area contributed by atoms with Gasteiger partial charge in [-0.3, -0.25) is 4.79 Å². The summed E-state index contributed by atoms with van der Waals surface area (Å²) in [6, 6.07) is 8.67. The maximum Gasteiger partial charge on any atom is 0.243 e. The van der Waals surface area contributed by atoms with Crippen molar-refractivity contribution in [2.24, 2.45) is 0 Å². The quantitative estimate of drug-likeness (QED) is 0.783. The van der Waals surface area contributed by atoms with E-state index in [0.717, 1.165) is 11.3 Å². The standard InChI is InChI=1S/C18H21ClN2O4/c1-11-7-16(24-3)17(25-4)9-13(11)20-10-18(22)21-14-8-12(19)5-6-15(14)23-2/h5-9,20H,10H2,1-4H3,(H,21,22). The van der Waals surface area contributed by atoms with E-state index in [-0.39, 0.29) is 12.5 Å². The highest BCUT2D eigenvalue weighted by molar-refractivity contribution is 6.31. The van der Waals surface area contributed by atoms with E-state index in [1.165, 1.54) is 7.11 Å². The zero-order chi connectivity index (χ0) is 18.4. The van der Waals surface area contributed by atoms with Crippen molar-refractivity contribution in [2.75, 3.05) is 38.5 Å². The van der Waals surface area contributed by atoms with Crippen molar-refractivity contribution in [2.45, 2.75) is 6.92 Å². The summed E-state index contributed by atoms with van der Waals surface area (Å²) in [5, 5.41) is 6.38. The van der Waals surface area contributed by atoms with Gasteiger partial charge in [0.15, 0.2) is 11.5 Å². The van der Waals surface area contributed by atoms with E-state index in [4.69, 9.17) is 25.8 Å². The van der Waals surface area contributed by atoms with E-state index in [0.29, 0.717) is 28.0 Å². The molecular formula is C18H21ClN2O4. The summed E-state index contributed by atoms with van der Waals surface area (Å²) < 4.78 is 15.8. The number of anilines is 2. The number of rotatable bonds is 7. The first-order chi connectivity index (χ1) is 12.0. The lowest BCUT2D eigenvalue weighted by molar-refractivity contribution is -0.114. The highest BCUT2D eigenvalue weighted by Crippen LogP contribution is 2.33. The number of ether oxygens (including phenoxy) is 3. The van der Waals surface area contributed by atoms with Gasteiger partial charge in [0.05, 0.1) is 33.6 Å². The first kappa shape index (κ1) is 18.7. The molecule has 6 nitrogen and oxygen atoms in total. The Kier molecular flexibility index (Phi) is 6.36. The molecule has 0 heterocycles. The summed E-state index contributed by atoms with van der Waals surface area (Å²) in [5.41, 5.74) is 2.24. The predicted octanol–water partition coefficient (Wildman–Crippen LogP) is 3.72. The van der Waals surface area contributed by atoms with Crippen LogP contribution in [0.5, 0.6) is 17.2 Å². The van der Waals surface area contributed by atoms with Crippen LogP contribution in [0.15, 0.2) is 30.3 Å². The molecule has 1 amide bonds. The molecule has 0 atom stereocenters. The van der Waals surface area contributed by atoms with Crippen molar-refractivity contribution in [3.8, 4) is 17.2 Å². The molecule has 0 saturated heterocycles. The second-order valence-electron chi connectivity index (χ2n) is 5.27. The van der Waals surface area contributed by atoms with Crippen molar-refractivity contribution >= 4 is 28.9 Å². The van der Waals surface area contributed by atoms with Crippen LogP contribution in [0, 0.1) is 6.92 Å². The van der Waals surface area contributed by atoms with Gasteiger partial charge in [-0.25, -0.2) is 0 Å². The number of nitrogens with one attached hydrogen (secondary N) is 2. The Morgan fingerprint density at radius 3 is 2.24 bits per heavy atom. The Hall–Kier alpha value is -2.60. The van der Waals surface area contributed by atoms with Crippen LogP contribution < -0.4 is 24.8 Å². The van der Waals surface area contributed by atoms with Crippen LogP contribution >= 0.6 is 11.6 Å². The zero-order valence-corrected chi connectivity index (χ0v) is 15.4. The Morgan fingerprint density at radius 1 is 0.960 bits per heavy atom. The Labute approximate surface area is 152 Å². The van der Waals surface area contributed by atoms with Gasteiger partial charge in [-0.15, -0.1) is 0 Å². The summed E-state index contributed by atoms with van der Waals surface area (Å²) in [7, 11) is 4.68. The van der Waals surface area contributed by atoms with Crippen molar-refractivity contribution in [1.29, 1.82) is 0 Å². The van der Waals surface area contributed by atoms with Gasteiger partial charge < -0.3 is 24.8 Å². The third kappa shape index (κ3) is 4.70. The molecule has 0 spiro atoms. The van der Waals surface area contributed by atoms with Gasteiger partial charge in [-0.2, -0.15) is 0 Å². The van der Waals surface area contributed by atoms with Crippen LogP contribution in [0.2, 0.25) is 5.02 Å². The van der Waals surface area contributed by atoms with Gasteiger partial charge in [0.1, 0.15) is 5.75 Å². The summed E-state index contributed by atoms with van der Waals surface area (Å²) in [5.74, 6) is 1.54. The van der Waals surface area contributed by atoms with Gasteiger partial charge in [-0.1, -0.05) is 11.6 Å². The van der Waals surface area contributed by atoms with Crippen LogP contribution in [0.25, 0.3) is 0 Å². The molecule has 0 aliphatic heterocycles. The SMILES string of the molecule is COc1ccc(Cl)cc1NC(=O)CNc1cc(OC)c(OC)cc1C. The molecule has 0 radical (unpaired) electrons. The minimum absolute atomic E-state index is 0.0754. The largest absolute Gasteiger partial charge is 0.495 e. The van der Waals surface area contributed by atoms with E-state index in [1.807, 2.05) is 13.0 Å². The lowest BCUT2D eigenvalue weighted by Gasteiger charge is -2.15. The van der Waals surface area contributed by atoms with E-state index in [2.05, 4.69) is 10.6 Å². The number of aryl methyl sites for hydroxylation is 1. The number of halogens is 1. The minimum atomic E-state index is -0.227. The summed E-state index contributed by atoms with van der Waals surface area (Å²) in [6.45, 7) is 1.99. The van der Waals surface area contributed by atoms with Crippen molar-refractivity contribution in [3.63, 3.8) is 0 Å². The average molecular weight is 365 g/mol. The van der Waals surface area contributed by atoms with E-state index in [1.54, 1.807) is 38.5 Å². The lowest BCUT2D eigenvalue weighted by atomic mass is 10.1. The lowest BCUT2D eigenvalue weighted by Crippen LogP contribution is -2.22. The number of hydrogen-bond acceptors (Lipinski definition) is 5. The molecule has 0 fully saturated rings. The highest BCUT2D eigenvalue weighted by Gasteiger charge is 2.11. The normalized spacial score (nSPS) is 10.1. The summed E-state index contributed by atoms with van der Waals surface area (Å²) >= 11 is 5.96. The molecule has 134 valence electrons. The first-order valence-electron chi connectivity index (χ1n) is 7.58. The van der Waals surface area contributed by atoms with Crippen LogP contribution in [-0.4, -0.2) is 33.8 Å². The molecule has 2 rings (SSSR count). The summed E-state index contributed by atoms with van der Waals surface area (Å²) in [6.07, 6.45) is 0. The maximum absolute atomic E-state index is 12.2. The molecule has 0 aliphatic rings. The van der Waals surface area contributed by atoms with Crippen LogP contribution in [0.4, 0.5) is 11.4 Å². The van der Waals surface area contributed by atoms with Crippen LogP contribution in [-0.2, 0) is 4.79 Å².